The molecule has 5 nitrogen and oxygen atoms in total. The van der Waals surface area contributed by atoms with Crippen molar-refractivity contribution in [1.82, 2.24) is 4.90 Å². The summed E-state index contributed by atoms with van der Waals surface area (Å²) in [6, 6.07) is 21.9. The lowest BCUT2D eigenvalue weighted by atomic mass is 10.0. The van der Waals surface area contributed by atoms with Gasteiger partial charge in [-0.05, 0) is 42.3 Å². The highest BCUT2D eigenvalue weighted by atomic mass is 16.5. The van der Waals surface area contributed by atoms with Gasteiger partial charge in [-0.1, -0.05) is 54.6 Å². The lowest BCUT2D eigenvalue weighted by Gasteiger charge is -2.24. The highest BCUT2D eigenvalue weighted by Crippen LogP contribution is 2.27. The first-order valence-corrected chi connectivity index (χ1v) is 9.34. The molecule has 0 radical (unpaired) electrons. The van der Waals surface area contributed by atoms with Crippen LogP contribution < -0.4 is 4.74 Å². The SMILES string of the molecule is Cc1cccc(OC(=O)[C@H](Cc2ccccc2)N2C(=O)c3ccccc3C2=O)c1. The zero-order valence-corrected chi connectivity index (χ0v) is 15.9. The monoisotopic (exact) mass is 385 g/mol. The van der Waals surface area contributed by atoms with Crippen LogP contribution in [-0.2, 0) is 11.2 Å². The van der Waals surface area contributed by atoms with E-state index in [1.165, 1.54) is 0 Å². The van der Waals surface area contributed by atoms with Crippen LogP contribution in [0.4, 0.5) is 0 Å². The summed E-state index contributed by atoms with van der Waals surface area (Å²) < 4.78 is 5.55. The Balaban J connectivity index is 1.68. The minimum absolute atomic E-state index is 0.178. The van der Waals surface area contributed by atoms with Gasteiger partial charge in [0.05, 0.1) is 11.1 Å². The second kappa shape index (κ2) is 7.72. The van der Waals surface area contributed by atoms with Gasteiger partial charge in [-0.3, -0.25) is 14.5 Å². The molecule has 0 aromatic heterocycles. The zero-order chi connectivity index (χ0) is 20.4. The van der Waals surface area contributed by atoms with Crippen molar-refractivity contribution in [3.8, 4) is 5.75 Å². The predicted octanol–water partition coefficient (Wildman–Crippen LogP) is 3.81. The molecule has 0 unspecified atom stereocenters. The number of hydrogen-bond donors (Lipinski definition) is 0. The minimum atomic E-state index is -1.06. The van der Waals surface area contributed by atoms with Gasteiger partial charge in [-0.2, -0.15) is 0 Å². The number of ether oxygens (including phenoxy) is 1. The molecule has 2 amide bonds. The van der Waals surface area contributed by atoms with Crippen LogP contribution in [0, 0.1) is 6.92 Å². The van der Waals surface area contributed by atoms with E-state index in [9.17, 15) is 14.4 Å². The third-order valence-electron chi connectivity index (χ3n) is 4.89. The number of hydrogen-bond acceptors (Lipinski definition) is 4. The van der Waals surface area contributed by atoms with E-state index in [4.69, 9.17) is 4.74 Å². The standard InChI is InChI=1S/C24H19NO4/c1-16-8-7-11-18(14-16)29-24(28)21(15-17-9-3-2-4-10-17)25-22(26)19-12-5-6-13-20(19)23(25)27/h2-14,21H,15H2,1H3/t21-/m0/s1. The molecule has 0 N–H and O–H groups in total. The van der Waals surface area contributed by atoms with Gasteiger partial charge in [0.1, 0.15) is 11.8 Å². The molecule has 0 saturated heterocycles. The first-order chi connectivity index (χ1) is 14.0. The number of carbonyl (C=O) groups excluding carboxylic acids is 3. The van der Waals surface area contributed by atoms with E-state index in [0.29, 0.717) is 16.9 Å². The Bertz CT molecular complexity index is 1060. The van der Waals surface area contributed by atoms with Crippen molar-refractivity contribution in [2.24, 2.45) is 0 Å². The van der Waals surface area contributed by atoms with Gasteiger partial charge in [-0.25, -0.2) is 4.79 Å². The molecule has 1 atom stereocenters. The molecule has 144 valence electrons. The number of benzene rings is 3. The van der Waals surface area contributed by atoms with Crippen molar-refractivity contribution in [3.05, 3.63) is 101 Å². The highest BCUT2D eigenvalue weighted by molar-refractivity contribution is 6.22. The Morgan fingerprint density at radius 2 is 1.48 bits per heavy atom. The molecule has 0 saturated carbocycles. The van der Waals surface area contributed by atoms with Gasteiger partial charge in [-0.15, -0.1) is 0 Å². The normalized spacial score (nSPS) is 13.9. The lowest BCUT2D eigenvalue weighted by Crippen LogP contribution is -2.48. The van der Waals surface area contributed by atoms with Crippen LogP contribution in [0.1, 0.15) is 31.8 Å². The van der Waals surface area contributed by atoms with Crippen LogP contribution in [0.3, 0.4) is 0 Å². The van der Waals surface area contributed by atoms with Crippen molar-refractivity contribution in [2.75, 3.05) is 0 Å². The number of imide groups is 1. The topological polar surface area (TPSA) is 63.7 Å². The van der Waals surface area contributed by atoms with Crippen LogP contribution in [0.5, 0.6) is 5.75 Å². The fraction of sp³-hybridized carbons (Fsp3) is 0.125. The third kappa shape index (κ3) is 3.67. The van der Waals surface area contributed by atoms with E-state index in [1.807, 2.05) is 43.3 Å². The summed E-state index contributed by atoms with van der Waals surface area (Å²) in [7, 11) is 0. The van der Waals surface area contributed by atoms with Crippen molar-refractivity contribution in [1.29, 1.82) is 0 Å². The Morgan fingerprint density at radius 1 is 0.862 bits per heavy atom. The first-order valence-electron chi connectivity index (χ1n) is 9.34. The van der Waals surface area contributed by atoms with Crippen LogP contribution >= 0.6 is 0 Å². The Labute approximate surface area is 168 Å². The molecular formula is C24H19NO4. The van der Waals surface area contributed by atoms with Crippen LogP contribution in [0.15, 0.2) is 78.9 Å². The van der Waals surface area contributed by atoms with E-state index in [1.54, 1.807) is 42.5 Å². The molecule has 1 heterocycles. The fourth-order valence-corrected chi connectivity index (χ4v) is 3.47. The summed E-state index contributed by atoms with van der Waals surface area (Å²) in [5.41, 5.74) is 2.38. The summed E-state index contributed by atoms with van der Waals surface area (Å²) >= 11 is 0. The fourth-order valence-electron chi connectivity index (χ4n) is 3.47. The summed E-state index contributed by atoms with van der Waals surface area (Å²) in [4.78, 5) is 40.0. The second-order valence-electron chi connectivity index (χ2n) is 6.97. The van der Waals surface area contributed by atoms with Crippen LogP contribution in [-0.4, -0.2) is 28.7 Å². The lowest BCUT2D eigenvalue weighted by molar-refractivity contribution is -0.138. The summed E-state index contributed by atoms with van der Waals surface area (Å²) in [5.74, 6) is -1.22. The van der Waals surface area contributed by atoms with Crippen molar-refractivity contribution < 1.29 is 19.1 Å². The number of amides is 2. The minimum Gasteiger partial charge on any atom is -0.425 e. The molecule has 0 bridgehead atoms. The number of aryl methyl sites for hydroxylation is 1. The molecule has 1 aliphatic heterocycles. The maximum absolute atomic E-state index is 13.1. The first kappa shape index (κ1) is 18.6. The Hall–Kier alpha value is -3.73. The Morgan fingerprint density at radius 3 is 2.10 bits per heavy atom. The van der Waals surface area contributed by atoms with E-state index in [-0.39, 0.29) is 6.42 Å². The van der Waals surface area contributed by atoms with E-state index < -0.39 is 23.8 Å². The van der Waals surface area contributed by atoms with Gasteiger partial charge >= 0.3 is 5.97 Å². The molecule has 5 heteroatoms. The molecule has 0 aliphatic carbocycles. The Kier molecular flexibility index (Phi) is 4.96. The smallest absolute Gasteiger partial charge is 0.335 e. The summed E-state index contributed by atoms with van der Waals surface area (Å²) in [5, 5.41) is 0. The molecule has 29 heavy (non-hydrogen) atoms. The van der Waals surface area contributed by atoms with Gasteiger partial charge in [0.2, 0.25) is 0 Å². The second-order valence-corrected chi connectivity index (χ2v) is 6.97. The van der Waals surface area contributed by atoms with Gasteiger partial charge in [0, 0.05) is 6.42 Å². The van der Waals surface area contributed by atoms with Crippen LogP contribution in [0.2, 0.25) is 0 Å². The average Bonchev–Trinajstić information content (AvgIpc) is 2.98. The number of nitrogens with zero attached hydrogens (tertiary/aromatic N) is 1. The van der Waals surface area contributed by atoms with Gasteiger partial charge in [0.25, 0.3) is 11.8 Å². The van der Waals surface area contributed by atoms with Crippen molar-refractivity contribution in [3.63, 3.8) is 0 Å². The zero-order valence-electron chi connectivity index (χ0n) is 15.9. The molecular weight excluding hydrogens is 366 g/mol. The molecule has 3 aromatic rings. The quantitative estimate of drug-likeness (QED) is 0.381. The summed E-state index contributed by atoms with van der Waals surface area (Å²) in [6.07, 6.45) is 0.178. The van der Waals surface area contributed by atoms with Gasteiger partial charge < -0.3 is 4.74 Å². The third-order valence-corrected chi connectivity index (χ3v) is 4.89. The van der Waals surface area contributed by atoms with Crippen LogP contribution in [0.25, 0.3) is 0 Å². The molecule has 3 aromatic carbocycles. The largest absolute Gasteiger partial charge is 0.425 e. The number of carbonyl (C=O) groups is 3. The molecule has 0 spiro atoms. The summed E-state index contributed by atoms with van der Waals surface area (Å²) in [6.45, 7) is 1.89. The molecule has 1 aliphatic rings. The van der Waals surface area contributed by atoms with Gasteiger partial charge in [0.15, 0.2) is 0 Å². The maximum Gasteiger partial charge on any atom is 0.335 e. The number of fused-ring (bicyclic) bond motifs is 1. The number of esters is 1. The van der Waals surface area contributed by atoms with E-state index in [0.717, 1.165) is 16.0 Å². The van der Waals surface area contributed by atoms with Crippen molar-refractivity contribution in [2.45, 2.75) is 19.4 Å². The highest BCUT2D eigenvalue weighted by Gasteiger charge is 2.43. The number of rotatable bonds is 5. The van der Waals surface area contributed by atoms with E-state index in [2.05, 4.69) is 0 Å². The molecule has 4 rings (SSSR count). The average molecular weight is 385 g/mol. The molecule has 0 fully saturated rings. The maximum atomic E-state index is 13.1. The van der Waals surface area contributed by atoms with Crippen molar-refractivity contribution >= 4 is 17.8 Å². The predicted molar refractivity (Wildman–Crippen MR) is 108 cm³/mol. The van der Waals surface area contributed by atoms with E-state index >= 15 is 0 Å².